The fraction of sp³-hybridized carbons (Fsp3) is 0.300. The van der Waals surface area contributed by atoms with Gasteiger partial charge in [-0.3, -0.25) is 4.55 Å². The van der Waals surface area contributed by atoms with Crippen molar-refractivity contribution in [3.8, 4) is 0 Å². The summed E-state index contributed by atoms with van der Waals surface area (Å²) >= 11 is 0. The lowest BCUT2D eigenvalue weighted by Crippen LogP contribution is -2.22. The Kier molecular flexibility index (Phi) is 3.41. The van der Waals surface area contributed by atoms with E-state index in [0.717, 1.165) is 5.56 Å². The van der Waals surface area contributed by atoms with Crippen LogP contribution in [0, 0.1) is 0 Å². The summed E-state index contributed by atoms with van der Waals surface area (Å²) in [7, 11) is -4.44. The molecule has 0 unspecified atom stereocenters. The van der Waals surface area contributed by atoms with Crippen LogP contribution in [-0.4, -0.2) is 38.3 Å². The van der Waals surface area contributed by atoms with Crippen LogP contribution < -0.4 is 0 Å². The van der Waals surface area contributed by atoms with E-state index in [2.05, 4.69) is 4.18 Å². The first kappa shape index (κ1) is 12.0. The van der Waals surface area contributed by atoms with Crippen molar-refractivity contribution in [2.45, 2.75) is 6.10 Å². The summed E-state index contributed by atoms with van der Waals surface area (Å²) in [5.74, 6) is 0.328. The highest BCUT2D eigenvalue weighted by molar-refractivity contribution is 7.80. The summed E-state index contributed by atoms with van der Waals surface area (Å²) in [6, 6.07) is 9.13. The van der Waals surface area contributed by atoms with E-state index in [0.29, 0.717) is 5.97 Å². The van der Waals surface area contributed by atoms with E-state index in [9.17, 15) is 8.42 Å². The number of carbonyl (C=O) groups excluding carboxylic acids is 1. The average molecular weight is 259 g/mol. The predicted molar refractivity (Wildman–Crippen MR) is 58.0 cm³/mol. The van der Waals surface area contributed by atoms with Gasteiger partial charge in [0.15, 0.2) is 0 Å². The smallest absolute Gasteiger partial charge is 0.311 e. The monoisotopic (exact) mass is 259 g/mol. The molecule has 92 valence electrons. The Labute approximate surface area is 98.4 Å². The Bertz CT molecular complexity index is 507. The van der Waals surface area contributed by atoms with E-state index in [4.69, 9.17) is 13.7 Å². The summed E-state index contributed by atoms with van der Waals surface area (Å²) in [6.07, 6.45) is -0.549. The van der Waals surface area contributed by atoms with Gasteiger partial charge in [-0.05, 0) is 12.1 Å². The first-order chi connectivity index (χ1) is 8.04. The van der Waals surface area contributed by atoms with Crippen LogP contribution in [0.3, 0.4) is 0 Å². The van der Waals surface area contributed by atoms with Crippen LogP contribution in [0.2, 0.25) is 0 Å². The zero-order chi connectivity index (χ0) is 12.3. The second-order valence-corrected chi connectivity index (χ2v) is 4.51. The molecule has 1 aromatic carbocycles. The second kappa shape index (κ2) is 4.82. The van der Waals surface area contributed by atoms with E-state index >= 15 is 0 Å². The van der Waals surface area contributed by atoms with E-state index in [-0.39, 0.29) is 13.2 Å². The predicted octanol–water partition coefficient (Wildman–Crippen LogP) is 0.581. The molecular formula is C10H11O6S+. The van der Waals surface area contributed by atoms with Crippen molar-refractivity contribution in [2.75, 3.05) is 13.2 Å². The number of esters is 1. The zero-order valence-corrected chi connectivity index (χ0v) is 9.59. The molecule has 0 spiro atoms. The first-order valence-electron chi connectivity index (χ1n) is 4.88. The van der Waals surface area contributed by atoms with Gasteiger partial charge < -0.3 is 9.16 Å². The van der Waals surface area contributed by atoms with Crippen molar-refractivity contribution in [1.82, 2.24) is 0 Å². The van der Waals surface area contributed by atoms with E-state index in [1.54, 1.807) is 12.1 Å². The van der Waals surface area contributed by atoms with Gasteiger partial charge >= 0.3 is 16.4 Å². The maximum Gasteiger partial charge on any atom is 0.520 e. The molecule has 0 fully saturated rings. The molecule has 1 N–H and O–H groups in total. The third-order valence-corrected chi connectivity index (χ3v) is 2.52. The van der Waals surface area contributed by atoms with Gasteiger partial charge in [-0.1, -0.05) is 18.2 Å². The Morgan fingerprint density at radius 2 is 2.12 bits per heavy atom. The van der Waals surface area contributed by atoms with Gasteiger partial charge in [-0.2, -0.15) is 8.42 Å². The normalized spacial score (nSPS) is 19.8. The molecule has 1 aliphatic rings. The fourth-order valence-corrected chi connectivity index (χ4v) is 1.68. The van der Waals surface area contributed by atoms with Gasteiger partial charge in [-0.15, -0.1) is 0 Å². The minimum atomic E-state index is -4.44. The molecule has 6 nitrogen and oxygen atoms in total. The Morgan fingerprint density at radius 1 is 1.41 bits per heavy atom. The molecule has 0 saturated carbocycles. The van der Waals surface area contributed by atoms with Crippen LogP contribution in [0.1, 0.15) is 9.99 Å². The number of ether oxygens (including phenoxy) is 1. The highest BCUT2D eigenvalue weighted by atomic mass is 32.3. The Morgan fingerprint density at radius 3 is 2.76 bits per heavy atom. The second-order valence-electron chi connectivity index (χ2n) is 3.42. The standard InChI is InChI=1S/C10H10O6S/c11-17(12,13)15-7-9-6-14-10(16-9)8-4-2-1-3-5-8/h1-5,9H,6-7H2/p+1/t9-/m1/s1. The molecular weight excluding hydrogens is 248 g/mol. The lowest BCUT2D eigenvalue weighted by Gasteiger charge is -2.00. The van der Waals surface area contributed by atoms with Gasteiger partial charge in [0.1, 0.15) is 12.2 Å². The van der Waals surface area contributed by atoms with Crippen LogP contribution in [0.4, 0.5) is 0 Å². The van der Waals surface area contributed by atoms with Gasteiger partial charge in [0.2, 0.25) is 6.61 Å². The highest BCUT2D eigenvalue weighted by Crippen LogP contribution is 2.12. The lowest BCUT2D eigenvalue weighted by atomic mass is 10.2. The SMILES string of the molecule is O=S(=O)(O)OC[C@H]1C[O+]=C(c2ccccc2)O1. The molecule has 1 heterocycles. The van der Waals surface area contributed by atoms with Crippen molar-refractivity contribution in [3.63, 3.8) is 0 Å². The summed E-state index contributed by atoms with van der Waals surface area (Å²) < 4.78 is 43.9. The quantitative estimate of drug-likeness (QED) is 0.486. The maximum atomic E-state index is 10.4. The Hall–Kier alpha value is -1.44. The van der Waals surface area contributed by atoms with Crippen molar-refractivity contribution in [3.05, 3.63) is 35.9 Å². The molecule has 17 heavy (non-hydrogen) atoms. The molecule has 1 atom stereocenters. The number of cyclic esters (lactones) is 1. The van der Waals surface area contributed by atoms with Crippen molar-refractivity contribution >= 4 is 16.4 Å². The maximum absolute atomic E-state index is 10.4. The molecule has 7 heteroatoms. The summed E-state index contributed by atoms with van der Waals surface area (Å²) in [5, 5.41) is 0. The summed E-state index contributed by atoms with van der Waals surface area (Å²) in [5.41, 5.74) is 0.766. The number of rotatable bonds is 4. The third kappa shape index (κ3) is 3.52. The van der Waals surface area contributed by atoms with Crippen molar-refractivity contribution in [1.29, 1.82) is 0 Å². The molecule has 0 amide bonds. The Balaban J connectivity index is 1.91. The summed E-state index contributed by atoms with van der Waals surface area (Å²) in [4.78, 5) is 0. The van der Waals surface area contributed by atoms with E-state index in [1.165, 1.54) is 0 Å². The molecule has 0 aromatic heterocycles. The first-order valence-corrected chi connectivity index (χ1v) is 6.25. The topological polar surface area (TPSA) is 84.1 Å². The third-order valence-electron chi connectivity index (χ3n) is 2.09. The van der Waals surface area contributed by atoms with E-state index < -0.39 is 16.5 Å². The molecule has 2 rings (SSSR count). The van der Waals surface area contributed by atoms with Crippen molar-refractivity contribution < 1.29 is 26.3 Å². The molecule has 0 bridgehead atoms. The number of hydrogen-bond donors (Lipinski definition) is 1. The van der Waals surface area contributed by atoms with Gasteiger partial charge in [0.05, 0.1) is 0 Å². The largest absolute Gasteiger partial charge is 0.520 e. The minimum Gasteiger partial charge on any atom is -0.311 e. The highest BCUT2D eigenvalue weighted by Gasteiger charge is 2.35. The number of benzene rings is 1. The number of hydrogen-bond acceptors (Lipinski definition) is 4. The van der Waals surface area contributed by atoms with Gasteiger partial charge in [-0.25, -0.2) is 4.18 Å². The van der Waals surface area contributed by atoms with Crippen LogP contribution in [-0.2, 0) is 19.3 Å². The van der Waals surface area contributed by atoms with Crippen LogP contribution in [0.5, 0.6) is 0 Å². The molecule has 1 aliphatic heterocycles. The average Bonchev–Trinajstić information content (AvgIpc) is 2.75. The lowest BCUT2D eigenvalue weighted by molar-refractivity contribution is -0.261. The van der Waals surface area contributed by atoms with Gasteiger partial charge in [0.25, 0.3) is 6.10 Å². The summed E-state index contributed by atoms with van der Waals surface area (Å²) in [6.45, 7) is -0.102. The molecule has 0 saturated heterocycles. The van der Waals surface area contributed by atoms with E-state index in [1.807, 2.05) is 18.2 Å². The van der Waals surface area contributed by atoms with Crippen molar-refractivity contribution in [2.24, 2.45) is 0 Å². The van der Waals surface area contributed by atoms with Crippen LogP contribution in [0.25, 0.3) is 0 Å². The molecule has 0 radical (unpaired) electrons. The fourth-order valence-electron chi connectivity index (χ4n) is 1.36. The zero-order valence-electron chi connectivity index (χ0n) is 8.78. The van der Waals surface area contributed by atoms with Gasteiger partial charge in [0, 0.05) is 0 Å². The minimum absolute atomic E-state index is 0.180. The van der Waals surface area contributed by atoms with Crippen LogP contribution in [0.15, 0.2) is 30.3 Å². The van der Waals surface area contributed by atoms with Crippen LogP contribution >= 0.6 is 0 Å². The molecule has 0 aliphatic carbocycles. The molecule has 1 aromatic rings.